The van der Waals surface area contributed by atoms with Gasteiger partial charge in [-0.15, -0.1) is 0 Å². The van der Waals surface area contributed by atoms with Crippen LogP contribution in [0.1, 0.15) is 47.4 Å². The molecule has 128 valence electrons. The van der Waals surface area contributed by atoms with Gasteiger partial charge in [-0.2, -0.15) is 0 Å². The summed E-state index contributed by atoms with van der Waals surface area (Å²) in [4.78, 5) is 23.2. The summed E-state index contributed by atoms with van der Waals surface area (Å²) >= 11 is 0. The molecule has 0 amide bonds. The van der Waals surface area contributed by atoms with Crippen molar-refractivity contribution in [1.29, 1.82) is 0 Å². The van der Waals surface area contributed by atoms with E-state index in [9.17, 15) is 9.59 Å². The van der Waals surface area contributed by atoms with Crippen molar-refractivity contribution in [1.82, 2.24) is 0 Å². The molecule has 0 bridgehead atoms. The van der Waals surface area contributed by atoms with Crippen molar-refractivity contribution >= 4 is 11.9 Å². The number of hydrogen-bond acceptors (Lipinski definition) is 4. The van der Waals surface area contributed by atoms with E-state index in [0.29, 0.717) is 11.1 Å². The molecule has 2 rings (SSSR count). The lowest BCUT2D eigenvalue weighted by Gasteiger charge is -2.06. The van der Waals surface area contributed by atoms with Crippen LogP contribution in [0.4, 0.5) is 0 Å². The van der Waals surface area contributed by atoms with Gasteiger partial charge in [0.05, 0.1) is 11.1 Å². The van der Waals surface area contributed by atoms with Crippen molar-refractivity contribution in [3.05, 3.63) is 71.8 Å². The molecule has 0 aliphatic rings. The molecule has 2 aromatic carbocycles. The summed E-state index contributed by atoms with van der Waals surface area (Å²) in [6.07, 6.45) is 2.64. The van der Waals surface area contributed by atoms with Gasteiger partial charge in [0, 0.05) is 0 Å². The lowest BCUT2D eigenvalue weighted by Crippen LogP contribution is -2.14. The van der Waals surface area contributed by atoms with Crippen molar-refractivity contribution in [3.8, 4) is 0 Å². The number of benzene rings is 2. The highest BCUT2D eigenvalue weighted by Gasteiger charge is 2.08. The number of hydrogen-bond donors (Lipinski definition) is 0. The monoisotopic (exact) mass is 328 g/mol. The molecule has 4 heteroatoms. The minimum absolute atomic E-state index is 0.0340. The standard InChI is InChI=1S/C16H14O4.C4H10/c17-15(13-7-3-1-4-8-13)19-11-12-20-16(18)14-9-5-2-6-10-14;1-3-4-2/h1-10H,11-12H2;3-4H2,1-2H3. The van der Waals surface area contributed by atoms with Crippen LogP contribution in [0.25, 0.3) is 0 Å². The lowest BCUT2D eigenvalue weighted by molar-refractivity contribution is 0.0265. The largest absolute Gasteiger partial charge is 0.458 e. The minimum Gasteiger partial charge on any atom is -0.458 e. The van der Waals surface area contributed by atoms with Gasteiger partial charge in [-0.05, 0) is 24.3 Å². The van der Waals surface area contributed by atoms with Gasteiger partial charge < -0.3 is 9.47 Å². The molecule has 0 spiro atoms. The van der Waals surface area contributed by atoms with Gasteiger partial charge in [0.1, 0.15) is 13.2 Å². The number of rotatable bonds is 6. The predicted octanol–water partition coefficient (Wildman–Crippen LogP) is 4.51. The third kappa shape index (κ3) is 7.58. The normalized spacial score (nSPS) is 9.42. The molecule has 0 unspecified atom stereocenters. The summed E-state index contributed by atoms with van der Waals surface area (Å²) in [6.45, 7) is 4.43. The van der Waals surface area contributed by atoms with Crippen LogP contribution in [0, 0.1) is 0 Å². The van der Waals surface area contributed by atoms with Crippen molar-refractivity contribution in [2.24, 2.45) is 0 Å². The third-order valence-corrected chi connectivity index (χ3v) is 3.07. The predicted molar refractivity (Wildman–Crippen MR) is 94.0 cm³/mol. The Kier molecular flexibility index (Phi) is 9.62. The first-order valence-corrected chi connectivity index (χ1v) is 8.13. The average molecular weight is 328 g/mol. The Morgan fingerprint density at radius 2 is 1.00 bits per heavy atom. The van der Waals surface area contributed by atoms with E-state index in [2.05, 4.69) is 13.8 Å². The Hall–Kier alpha value is -2.62. The fourth-order valence-electron chi connectivity index (χ4n) is 1.58. The van der Waals surface area contributed by atoms with Crippen molar-refractivity contribution < 1.29 is 19.1 Å². The van der Waals surface area contributed by atoms with E-state index in [-0.39, 0.29) is 13.2 Å². The Bertz CT molecular complexity index is 538. The first-order chi connectivity index (χ1) is 11.7. The zero-order valence-corrected chi connectivity index (χ0v) is 14.2. The molecule has 0 aromatic heterocycles. The minimum atomic E-state index is -0.429. The van der Waals surface area contributed by atoms with Crippen LogP contribution >= 0.6 is 0 Å². The maximum absolute atomic E-state index is 11.6. The van der Waals surface area contributed by atoms with Crippen LogP contribution in [-0.4, -0.2) is 25.2 Å². The average Bonchev–Trinajstić information content (AvgIpc) is 2.66. The summed E-state index contributed by atoms with van der Waals surface area (Å²) in [5.41, 5.74) is 0.948. The summed E-state index contributed by atoms with van der Waals surface area (Å²) < 4.78 is 10.00. The highest BCUT2D eigenvalue weighted by Crippen LogP contribution is 2.02. The molecule has 0 saturated heterocycles. The lowest BCUT2D eigenvalue weighted by atomic mass is 10.2. The van der Waals surface area contributed by atoms with E-state index in [4.69, 9.17) is 9.47 Å². The summed E-state index contributed by atoms with van der Waals surface area (Å²) in [6, 6.07) is 17.3. The number of carbonyl (C=O) groups is 2. The molecule has 0 fully saturated rings. The van der Waals surface area contributed by atoms with Crippen LogP contribution in [0.3, 0.4) is 0 Å². The van der Waals surface area contributed by atoms with Crippen LogP contribution in [0.5, 0.6) is 0 Å². The SMILES string of the molecule is CCCC.O=C(OCCOC(=O)c1ccccc1)c1ccccc1. The Labute approximate surface area is 143 Å². The van der Waals surface area contributed by atoms with Crippen molar-refractivity contribution in [2.75, 3.05) is 13.2 Å². The highest BCUT2D eigenvalue weighted by molar-refractivity contribution is 5.90. The molecule has 24 heavy (non-hydrogen) atoms. The van der Waals surface area contributed by atoms with E-state index in [1.807, 2.05) is 12.1 Å². The quantitative estimate of drug-likeness (QED) is 0.578. The Balaban J connectivity index is 0.000000648. The number of carbonyl (C=O) groups excluding carboxylic acids is 2. The summed E-state index contributed by atoms with van der Waals surface area (Å²) in [5.74, 6) is -0.859. The van der Waals surface area contributed by atoms with E-state index in [1.54, 1.807) is 48.5 Å². The maximum atomic E-state index is 11.6. The molecular formula is C20H24O4. The number of unbranched alkanes of at least 4 members (excludes halogenated alkanes) is 1. The van der Waals surface area contributed by atoms with Crippen LogP contribution in [-0.2, 0) is 9.47 Å². The van der Waals surface area contributed by atoms with E-state index >= 15 is 0 Å². The Morgan fingerprint density at radius 1 is 0.667 bits per heavy atom. The van der Waals surface area contributed by atoms with Crippen LogP contribution < -0.4 is 0 Å². The zero-order valence-electron chi connectivity index (χ0n) is 14.2. The van der Waals surface area contributed by atoms with Gasteiger partial charge in [-0.1, -0.05) is 63.1 Å². The molecule has 0 saturated carbocycles. The first kappa shape index (κ1) is 19.4. The molecule has 2 aromatic rings. The van der Waals surface area contributed by atoms with Gasteiger partial charge in [0.25, 0.3) is 0 Å². The second kappa shape index (κ2) is 11.9. The second-order valence-electron chi connectivity index (χ2n) is 5.00. The molecule has 0 atom stereocenters. The topological polar surface area (TPSA) is 52.6 Å². The molecule has 0 N–H and O–H groups in total. The van der Waals surface area contributed by atoms with E-state index in [0.717, 1.165) is 0 Å². The summed E-state index contributed by atoms with van der Waals surface area (Å²) in [5, 5.41) is 0. The molecule has 0 radical (unpaired) electrons. The smallest absolute Gasteiger partial charge is 0.338 e. The first-order valence-electron chi connectivity index (χ1n) is 8.13. The molecular weight excluding hydrogens is 304 g/mol. The maximum Gasteiger partial charge on any atom is 0.338 e. The molecule has 4 nitrogen and oxygen atoms in total. The third-order valence-electron chi connectivity index (χ3n) is 3.07. The molecule has 0 aliphatic heterocycles. The van der Waals surface area contributed by atoms with E-state index < -0.39 is 11.9 Å². The van der Waals surface area contributed by atoms with Crippen molar-refractivity contribution in [2.45, 2.75) is 26.7 Å². The van der Waals surface area contributed by atoms with E-state index in [1.165, 1.54) is 12.8 Å². The van der Waals surface area contributed by atoms with Gasteiger partial charge in [0.2, 0.25) is 0 Å². The van der Waals surface area contributed by atoms with Gasteiger partial charge >= 0.3 is 11.9 Å². The fourth-order valence-corrected chi connectivity index (χ4v) is 1.58. The zero-order chi connectivity index (χ0) is 17.6. The number of ether oxygens (including phenoxy) is 2. The number of esters is 2. The van der Waals surface area contributed by atoms with Gasteiger partial charge in [0.15, 0.2) is 0 Å². The van der Waals surface area contributed by atoms with Crippen LogP contribution in [0.2, 0.25) is 0 Å². The Morgan fingerprint density at radius 3 is 1.29 bits per heavy atom. The molecule has 0 aliphatic carbocycles. The van der Waals surface area contributed by atoms with Crippen molar-refractivity contribution in [3.63, 3.8) is 0 Å². The summed E-state index contributed by atoms with van der Waals surface area (Å²) in [7, 11) is 0. The van der Waals surface area contributed by atoms with Crippen LogP contribution in [0.15, 0.2) is 60.7 Å². The van der Waals surface area contributed by atoms with Gasteiger partial charge in [-0.25, -0.2) is 9.59 Å². The second-order valence-corrected chi connectivity index (χ2v) is 5.00. The van der Waals surface area contributed by atoms with Gasteiger partial charge in [-0.3, -0.25) is 0 Å². The highest BCUT2D eigenvalue weighted by atomic mass is 16.6. The fraction of sp³-hybridized carbons (Fsp3) is 0.300. The molecule has 0 heterocycles.